The van der Waals surface area contributed by atoms with E-state index in [1.165, 1.54) is 0 Å². The molecule has 0 saturated carbocycles. The Labute approximate surface area is 199 Å². The second-order valence-corrected chi connectivity index (χ2v) is 8.76. The van der Waals surface area contributed by atoms with Crippen molar-refractivity contribution in [3.8, 4) is 0 Å². The van der Waals surface area contributed by atoms with E-state index in [4.69, 9.17) is 15.5 Å². The van der Waals surface area contributed by atoms with Crippen molar-refractivity contribution in [3.63, 3.8) is 0 Å². The number of hydrogen-bond acceptors (Lipinski definition) is 5. The molecule has 2 fully saturated rings. The minimum atomic E-state index is -0.138. The van der Waals surface area contributed by atoms with Gasteiger partial charge in [-0.2, -0.15) is 0 Å². The van der Waals surface area contributed by atoms with Crippen molar-refractivity contribution in [1.82, 2.24) is 20.4 Å². The standard InChI is InChI=1S/C21H42N6O2.HI/c1-4-23-20(25-17-21(2,3)27-13-15-29-16-14-27)24-9-5-6-10-26-11-7-18(8-12-26)19(22)28;/h18H,4-17H2,1-3H3,(H2,22,28)(H2,23,24,25);1H. The average Bonchev–Trinajstić information content (AvgIpc) is 2.72. The fraction of sp³-hybridized carbons (Fsp3) is 0.905. The highest BCUT2D eigenvalue weighted by molar-refractivity contribution is 14.0. The van der Waals surface area contributed by atoms with Crippen LogP contribution in [0.1, 0.15) is 46.5 Å². The van der Waals surface area contributed by atoms with Gasteiger partial charge in [-0.25, -0.2) is 0 Å². The maximum Gasteiger partial charge on any atom is 0.220 e. The molecule has 1 amide bonds. The van der Waals surface area contributed by atoms with Crippen molar-refractivity contribution in [2.24, 2.45) is 16.6 Å². The first-order valence-electron chi connectivity index (χ1n) is 11.3. The van der Waals surface area contributed by atoms with Gasteiger partial charge >= 0.3 is 0 Å². The molecule has 4 N–H and O–H groups in total. The number of ether oxygens (including phenoxy) is 1. The van der Waals surface area contributed by atoms with Gasteiger partial charge < -0.3 is 26.0 Å². The Morgan fingerprint density at radius 3 is 2.40 bits per heavy atom. The molecule has 2 aliphatic heterocycles. The lowest BCUT2D eigenvalue weighted by molar-refractivity contribution is -0.123. The van der Waals surface area contributed by atoms with E-state index in [1.807, 2.05) is 0 Å². The third-order valence-corrected chi connectivity index (χ3v) is 6.02. The fourth-order valence-corrected chi connectivity index (χ4v) is 3.99. The summed E-state index contributed by atoms with van der Waals surface area (Å²) in [6, 6.07) is 0. The summed E-state index contributed by atoms with van der Waals surface area (Å²) in [6.45, 7) is 15.8. The quantitative estimate of drug-likeness (QED) is 0.168. The normalized spacial score (nSPS) is 19.9. The number of amides is 1. The van der Waals surface area contributed by atoms with Crippen LogP contribution in [0.5, 0.6) is 0 Å². The van der Waals surface area contributed by atoms with Gasteiger partial charge in [0.1, 0.15) is 0 Å². The Kier molecular flexibility index (Phi) is 13.2. The van der Waals surface area contributed by atoms with Crippen LogP contribution in [-0.2, 0) is 9.53 Å². The first-order valence-corrected chi connectivity index (χ1v) is 11.3. The summed E-state index contributed by atoms with van der Waals surface area (Å²) in [4.78, 5) is 21.0. The molecule has 0 atom stereocenters. The lowest BCUT2D eigenvalue weighted by Gasteiger charge is -2.39. The second kappa shape index (κ2) is 14.4. The summed E-state index contributed by atoms with van der Waals surface area (Å²) in [5.41, 5.74) is 5.44. The van der Waals surface area contributed by atoms with Crippen molar-refractivity contribution in [3.05, 3.63) is 0 Å². The van der Waals surface area contributed by atoms with Gasteiger partial charge in [-0.1, -0.05) is 0 Å². The average molecular weight is 539 g/mol. The zero-order valence-corrected chi connectivity index (χ0v) is 21.5. The molecule has 0 spiro atoms. The minimum absolute atomic E-state index is 0. The number of rotatable bonds is 10. The molecule has 0 radical (unpaired) electrons. The minimum Gasteiger partial charge on any atom is -0.379 e. The third kappa shape index (κ3) is 9.65. The van der Waals surface area contributed by atoms with Crippen LogP contribution in [0, 0.1) is 5.92 Å². The highest BCUT2D eigenvalue weighted by atomic mass is 127. The number of aliphatic imine (C=N–C) groups is 1. The molecular weight excluding hydrogens is 495 g/mol. The number of primary amides is 1. The Morgan fingerprint density at radius 2 is 1.80 bits per heavy atom. The highest BCUT2D eigenvalue weighted by Gasteiger charge is 2.28. The number of morpholine rings is 1. The molecule has 176 valence electrons. The van der Waals surface area contributed by atoms with E-state index < -0.39 is 0 Å². The number of nitrogens with zero attached hydrogens (tertiary/aromatic N) is 3. The Bertz CT molecular complexity index is 518. The maximum absolute atomic E-state index is 11.3. The number of hydrogen-bond donors (Lipinski definition) is 3. The summed E-state index contributed by atoms with van der Waals surface area (Å²) < 4.78 is 5.47. The number of nitrogens with one attached hydrogen (secondary N) is 2. The lowest BCUT2D eigenvalue weighted by Crippen LogP contribution is -2.52. The van der Waals surface area contributed by atoms with E-state index in [0.29, 0.717) is 0 Å². The zero-order chi connectivity index (χ0) is 21.1. The van der Waals surface area contributed by atoms with E-state index in [9.17, 15) is 4.79 Å². The van der Waals surface area contributed by atoms with Crippen LogP contribution in [0.2, 0.25) is 0 Å². The molecular formula is C21H43IN6O2. The molecule has 0 unspecified atom stereocenters. The molecule has 2 saturated heterocycles. The maximum atomic E-state index is 11.3. The van der Waals surface area contributed by atoms with Crippen LogP contribution in [0.4, 0.5) is 0 Å². The number of unbranched alkanes of at least 4 members (excludes halogenated alkanes) is 1. The Balaban J connectivity index is 0.00000450. The van der Waals surface area contributed by atoms with E-state index in [1.54, 1.807) is 0 Å². The third-order valence-electron chi connectivity index (χ3n) is 6.02. The lowest BCUT2D eigenvalue weighted by atomic mass is 9.96. The number of guanidine groups is 1. The van der Waals surface area contributed by atoms with E-state index in [-0.39, 0.29) is 41.3 Å². The van der Waals surface area contributed by atoms with E-state index in [2.05, 4.69) is 41.2 Å². The molecule has 2 aliphatic rings. The van der Waals surface area contributed by atoms with Gasteiger partial charge in [-0.15, -0.1) is 24.0 Å². The molecule has 0 aromatic heterocycles. The SMILES string of the molecule is CCNC(=NCC(C)(C)N1CCOCC1)NCCCCN1CCC(C(N)=O)CC1.I. The van der Waals surface area contributed by atoms with Crippen LogP contribution in [0.25, 0.3) is 0 Å². The van der Waals surface area contributed by atoms with Gasteiger partial charge in [0.25, 0.3) is 0 Å². The fourth-order valence-electron chi connectivity index (χ4n) is 3.99. The molecule has 2 rings (SSSR count). The molecule has 9 heteroatoms. The predicted molar refractivity (Wildman–Crippen MR) is 133 cm³/mol. The monoisotopic (exact) mass is 538 g/mol. The second-order valence-electron chi connectivity index (χ2n) is 8.76. The van der Waals surface area contributed by atoms with Crippen LogP contribution < -0.4 is 16.4 Å². The van der Waals surface area contributed by atoms with Crippen molar-refractivity contribution in [2.45, 2.75) is 52.0 Å². The van der Waals surface area contributed by atoms with Crippen LogP contribution in [-0.4, -0.2) is 92.8 Å². The topological polar surface area (TPSA) is 95.2 Å². The number of likely N-dealkylation sites (tertiary alicyclic amines) is 1. The van der Waals surface area contributed by atoms with Crippen molar-refractivity contribution >= 4 is 35.8 Å². The van der Waals surface area contributed by atoms with Crippen LogP contribution >= 0.6 is 24.0 Å². The van der Waals surface area contributed by atoms with E-state index >= 15 is 0 Å². The number of carbonyl (C=O) groups is 1. The molecule has 0 aromatic carbocycles. The number of piperidine rings is 1. The summed E-state index contributed by atoms with van der Waals surface area (Å²) in [5.74, 6) is 0.838. The van der Waals surface area contributed by atoms with Gasteiger partial charge in [-0.3, -0.25) is 14.7 Å². The smallest absolute Gasteiger partial charge is 0.220 e. The van der Waals surface area contributed by atoms with Gasteiger partial charge in [0, 0.05) is 37.6 Å². The summed E-state index contributed by atoms with van der Waals surface area (Å²) in [6.07, 6.45) is 4.06. The molecule has 30 heavy (non-hydrogen) atoms. The first-order chi connectivity index (χ1) is 13.9. The largest absolute Gasteiger partial charge is 0.379 e. The van der Waals surface area contributed by atoms with Gasteiger partial charge in [0.15, 0.2) is 5.96 Å². The van der Waals surface area contributed by atoms with Crippen LogP contribution in [0.15, 0.2) is 4.99 Å². The molecule has 0 aliphatic carbocycles. The number of nitrogens with two attached hydrogens (primary N) is 1. The van der Waals surface area contributed by atoms with E-state index in [0.717, 1.165) is 97.2 Å². The summed E-state index contributed by atoms with van der Waals surface area (Å²) >= 11 is 0. The number of halogens is 1. The molecule has 0 bridgehead atoms. The molecule has 2 heterocycles. The number of carbonyl (C=O) groups excluding carboxylic acids is 1. The first kappa shape index (κ1) is 27.4. The van der Waals surface area contributed by atoms with Crippen LogP contribution in [0.3, 0.4) is 0 Å². The predicted octanol–water partition coefficient (Wildman–Crippen LogP) is 1.25. The summed E-state index contributed by atoms with van der Waals surface area (Å²) in [5, 5.41) is 6.83. The van der Waals surface area contributed by atoms with Gasteiger partial charge in [0.2, 0.25) is 5.91 Å². The Morgan fingerprint density at radius 1 is 1.13 bits per heavy atom. The summed E-state index contributed by atoms with van der Waals surface area (Å²) in [7, 11) is 0. The molecule has 0 aromatic rings. The zero-order valence-electron chi connectivity index (χ0n) is 19.1. The molecule has 8 nitrogen and oxygen atoms in total. The van der Waals surface area contributed by atoms with Gasteiger partial charge in [0.05, 0.1) is 19.8 Å². The van der Waals surface area contributed by atoms with Crippen molar-refractivity contribution < 1.29 is 9.53 Å². The Hall–Kier alpha value is -0.650. The van der Waals surface area contributed by atoms with Gasteiger partial charge in [-0.05, 0) is 66.1 Å². The van der Waals surface area contributed by atoms with Crippen molar-refractivity contribution in [2.75, 3.05) is 65.6 Å². The van der Waals surface area contributed by atoms with Crippen molar-refractivity contribution in [1.29, 1.82) is 0 Å². The highest BCUT2D eigenvalue weighted by Crippen LogP contribution is 2.17.